The maximum atomic E-state index is 14.0. The zero-order valence-corrected chi connectivity index (χ0v) is 50.3. The van der Waals surface area contributed by atoms with Gasteiger partial charge in [0.1, 0.15) is 0 Å². The van der Waals surface area contributed by atoms with Gasteiger partial charge in [-0.2, -0.15) is 0 Å². The zero-order chi connectivity index (χ0) is 52.1. The number of nitrogens with zero attached hydrogens (tertiary/aromatic N) is 2. The number of unbranched alkanes of at least 4 members (excludes halogenated alkanes) is 24. The fourth-order valence-electron chi connectivity index (χ4n) is 10.2. The van der Waals surface area contributed by atoms with Crippen LogP contribution in [0.5, 0.6) is 0 Å². The number of carbonyl (C=O) groups is 3. The lowest BCUT2D eigenvalue weighted by atomic mass is 9.92. The van der Waals surface area contributed by atoms with Gasteiger partial charge in [-0.1, -0.05) is 262 Å². The molecule has 0 spiro atoms. The molecule has 0 unspecified atom stereocenters. The molecular weight excluding hydrogens is 917 g/mol. The summed E-state index contributed by atoms with van der Waals surface area (Å²) in [5.41, 5.74) is 0. The van der Waals surface area contributed by atoms with E-state index in [1.165, 1.54) is 179 Å². The number of carbonyl (C=O) groups excluding carboxylic acids is 3. The van der Waals surface area contributed by atoms with Gasteiger partial charge in [0.15, 0.2) is 0 Å². The molecule has 0 aromatic rings. The second-order valence-corrected chi connectivity index (χ2v) is 24.7. The number of amides is 1. The molecule has 0 aromatic heterocycles. The molecule has 0 saturated carbocycles. The molecule has 9 heteroatoms. The van der Waals surface area contributed by atoms with Crippen molar-refractivity contribution < 1.29 is 23.9 Å². The summed E-state index contributed by atoms with van der Waals surface area (Å²) in [5, 5.41) is 0. The molecule has 422 valence electrons. The van der Waals surface area contributed by atoms with Crippen LogP contribution in [0.15, 0.2) is 0 Å². The van der Waals surface area contributed by atoms with Crippen LogP contribution in [0.1, 0.15) is 311 Å². The van der Waals surface area contributed by atoms with Crippen LogP contribution in [-0.4, -0.2) is 85.6 Å². The predicted molar refractivity (Wildman–Crippen MR) is 315 cm³/mol. The average Bonchev–Trinajstić information content (AvgIpc) is 3.35. The van der Waals surface area contributed by atoms with Crippen molar-refractivity contribution in [3.05, 3.63) is 0 Å². The lowest BCUT2D eigenvalue weighted by Crippen LogP contribution is -2.42. The van der Waals surface area contributed by atoms with Crippen LogP contribution in [0, 0.1) is 11.8 Å². The average molecular weight is 1040 g/mol. The summed E-state index contributed by atoms with van der Waals surface area (Å²) in [5.74, 6) is 3.80. The predicted octanol–water partition coefficient (Wildman–Crippen LogP) is 19.3. The van der Waals surface area contributed by atoms with Crippen LogP contribution in [-0.2, 0) is 23.9 Å². The molecule has 0 aliphatic heterocycles. The van der Waals surface area contributed by atoms with E-state index in [1.807, 2.05) is 21.6 Å². The third-order valence-corrected chi connectivity index (χ3v) is 17.4. The van der Waals surface area contributed by atoms with Gasteiger partial charge in [0, 0.05) is 43.4 Å². The fourth-order valence-corrected chi connectivity index (χ4v) is 12.3. The molecule has 0 rings (SSSR count). The second-order valence-electron chi connectivity index (χ2n) is 22.0. The lowest BCUT2D eigenvalue weighted by Gasteiger charge is -2.33. The van der Waals surface area contributed by atoms with Crippen molar-refractivity contribution >= 4 is 39.4 Å². The Balaban J connectivity index is 4.98. The summed E-state index contributed by atoms with van der Waals surface area (Å²) in [6.45, 7) is 14.4. The number of hydrogen-bond donors (Lipinski definition) is 0. The number of esters is 2. The van der Waals surface area contributed by atoms with E-state index in [0.29, 0.717) is 56.3 Å². The molecule has 0 bridgehead atoms. The van der Waals surface area contributed by atoms with E-state index in [-0.39, 0.29) is 11.9 Å². The number of rotatable bonds is 57. The van der Waals surface area contributed by atoms with E-state index in [1.54, 1.807) is 0 Å². The van der Waals surface area contributed by atoms with Gasteiger partial charge in [-0.15, -0.1) is 0 Å². The molecule has 1 amide bonds. The first-order chi connectivity index (χ1) is 34.7. The lowest BCUT2D eigenvalue weighted by molar-refractivity contribution is -0.145. The van der Waals surface area contributed by atoms with E-state index in [0.717, 1.165) is 102 Å². The van der Waals surface area contributed by atoms with Gasteiger partial charge in [0.05, 0.1) is 13.2 Å². The summed E-state index contributed by atoms with van der Waals surface area (Å²) in [6.07, 6.45) is 50.3. The van der Waals surface area contributed by atoms with E-state index < -0.39 is 0 Å². The minimum absolute atomic E-state index is 0.00799. The number of ether oxygens (including phenoxy) is 2. The third-order valence-electron chi connectivity index (χ3n) is 14.9. The summed E-state index contributed by atoms with van der Waals surface area (Å²) in [6, 6.07) is 0.302. The summed E-state index contributed by atoms with van der Waals surface area (Å²) in [4.78, 5) is 43.8. The van der Waals surface area contributed by atoms with Crippen molar-refractivity contribution in [2.45, 2.75) is 317 Å². The fraction of sp³-hybridized carbons (Fsp3) is 0.952. The molecule has 0 heterocycles. The summed E-state index contributed by atoms with van der Waals surface area (Å²) in [7, 11) is 8.09. The van der Waals surface area contributed by atoms with Crippen molar-refractivity contribution in [3.63, 3.8) is 0 Å². The van der Waals surface area contributed by atoms with Crippen molar-refractivity contribution in [3.8, 4) is 0 Å². The monoisotopic (exact) mass is 1040 g/mol. The highest BCUT2D eigenvalue weighted by molar-refractivity contribution is 8.76. The topological polar surface area (TPSA) is 76.2 Å². The smallest absolute Gasteiger partial charge is 0.305 e. The minimum atomic E-state index is -0.00799. The maximum Gasteiger partial charge on any atom is 0.305 e. The quantitative estimate of drug-likeness (QED) is 0.0339. The highest BCUT2D eigenvalue weighted by Crippen LogP contribution is 2.27. The molecule has 0 radical (unpaired) electrons. The Kier molecular flexibility index (Phi) is 54.6. The Morgan fingerprint density at radius 1 is 0.366 bits per heavy atom. The van der Waals surface area contributed by atoms with E-state index >= 15 is 0 Å². The molecule has 0 fully saturated rings. The first-order valence-electron chi connectivity index (χ1n) is 31.2. The highest BCUT2D eigenvalue weighted by atomic mass is 33.1. The molecule has 71 heavy (non-hydrogen) atoms. The molecule has 0 aromatic carbocycles. The number of hydrogen-bond acceptors (Lipinski definition) is 8. The van der Waals surface area contributed by atoms with Gasteiger partial charge in [-0.3, -0.25) is 14.4 Å². The van der Waals surface area contributed by atoms with Crippen LogP contribution in [0.4, 0.5) is 0 Å². The van der Waals surface area contributed by atoms with E-state index in [4.69, 9.17) is 9.47 Å². The van der Waals surface area contributed by atoms with Crippen LogP contribution < -0.4 is 0 Å². The Bertz CT molecular complexity index is 1060. The Labute approximate surface area is 451 Å². The first kappa shape index (κ1) is 70.1. The molecule has 0 atom stereocenters. The normalized spacial score (nSPS) is 11.8. The standard InChI is InChI=1S/C62H122N2O5S2/c1-8-13-18-30-40-57(41-31-19-14-9-2)48-53-68-61(66)46-36-28-24-22-26-34-44-59(64(52-39-51-63(6)7)60(65)50-56-71-70-55-38-17-12-5)45-35-27-23-25-29-37-47-62(67)69-54-49-58(42-32-20-15-10-3)43-33-21-16-11-4/h57-59H,8-56H2,1-7H3. The van der Waals surface area contributed by atoms with Crippen molar-refractivity contribution in [2.24, 2.45) is 11.8 Å². The van der Waals surface area contributed by atoms with Gasteiger partial charge >= 0.3 is 11.9 Å². The molecule has 0 saturated heterocycles. The van der Waals surface area contributed by atoms with Crippen molar-refractivity contribution in [1.82, 2.24) is 9.80 Å². The maximum absolute atomic E-state index is 14.0. The molecule has 7 nitrogen and oxygen atoms in total. The Morgan fingerprint density at radius 2 is 0.718 bits per heavy atom. The molecule has 0 aliphatic rings. The van der Waals surface area contributed by atoms with Crippen molar-refractivity contribution in [2.75, 3.05) is 51.9 Å². The van der Waals surface area contributed by atoms with E-state index in [9.17, 15) is 14.4 Å². The Morgan fingerprint density at radius 3 is 1.13 bits per heavy atom. The Hall–Kier alpha value is -0.930. The second kappa shape index (κ2) is 55.3. The van der Waals surface area contributed by atoms with E-state index in [2.05, 4.69) is 58.5 Å². The highest BCUT2D eigenvalue weighted by Gasteiger charge is 2.23. The molecular formula is C62H122N2O5S2. The zero-order valence-electron chi connectivity index (χ0n) is 48.6. The first-order valence-corrected chi connectivity index (χ1v) is 33.7. The van der Waals surface area contributed by atoms with Crippen molar-refractivity contribution in [1.29, 1.82) is 0 Å². The van der Waals surface area contributed by atoms with Crippen LogP contribution in [0.3, 0.4) is 0 Å². The molecule has 0 aliphatic carbocycles. The minimum Gasteiger partial charge on any atom is -0.466 e. The van der Waals surface area contributed by atoms with Gasteiger partial charge < -0.3 is 19.3 Å². The van der Waals surface area contributed by atoms with Crippen LogP contribution in [0.25, 0.3) is 0 Å². The van der Waals surface area contributed by atoms with Gasteiger partial charge in [0.2, 0.25) is 5.91 Å². The van der Waals surface area contributed by atoms with Gasteiger partial charge in [-0.25, -0.2) is 0 Å². The van der Waals surface area contributed by atoms with Crippen LogP contribution >= 0.6 is 21.6 Å². The molecule has 0 N–H and O–H groups in total. The van der Waals surface area contributed by atoms with Gasteiger partial charge in [-0.05, 0) is 83.8 Å². The van der Waals surface area contributed by atoms with Crippen LogP contribution in [0.2, 0.25) is 0 Å². The largest absolute Gasteiger partial charge is 0.466 e. The summed E-state index contributed by atoms with van der Waals surface area (Å²) >= 11 is 0. The third kappa shape index (κ3) is 48.5. The SMILES string of the molecule is CCCCCCC(CCCCCC)CCOC(=O)CCCCCCCCC(CCCCCCCCC(=O)OCCC(CCCCCC)CCCCCC)N(CCCN(C)C)C(=O)CCSSCCCCC. The summed E-state index contributed by atoms with van der Waals surface area (Å²) < 4.78 is 11.5. The van der Waals surface area contributed by atoms with Gasteiger partial charge in [0.25, 0.3) is 0 Å².